The zero-order chi connectivity index (χ0) is 10.9. The SMILES string of the molecule is CNCC(C)COCCN1CCCCC1. The van der Waals surface area contributed by atoms with E-state index in [4.69, 9.17) is 4.74 Å². The Balaban J connectivity index is 1.91. The first-order chi connectivity index (χ1) is 7.33. The molecule has 3 heteroatoms. The molecule has 0 aliphatic carbocycles. The highest BCUT2D eigenvalue weighted by Gasteiger charge is 2.09. The van der Waals surface area contributed by atoms with Crippen LogP contribution in [0.1, 0.15) is 26.2 Å². The fourth-order valence-electron chi connectivity index (χ4n) is 2.07. The molecule has 0 aromatic rings. The molecule has 1 aliphatic rings. The van der Waals surface area contributed by atoms with E-state index in [-0.39, 0.29) is 0 Å². The van der Waals surface area contributed by atoms with Gasteiger partial charge in [0, 0.05) is 6.54 Å². The lowest BCUT2D eigenvalue weighted by molar-refractivity contribution is 0.0767. The first kappa shape index (κ1) is 12.9. The smallest absolute Gasteiger partial charge is 0.0593 e. The lowest BCUT2D eigenvalue weighted by Crippen LogP contribution is -2.33. The van der Waals surface area contributed by atoms with Crippen LogP contribution >= 0.6 is 0 Å². The van der Waals surface area contributed by atoms with Crippen molar-refractivity contribution in [1.82, 2.24) is 10.2 Å². The number of ether oxygens (including phenoxy) is 1. The maximum Gasteiger partial charge on any atom is 0.0593 e. The highest BCUT2D eigenvalue weighted by Crippen LogP contribution is 2.07. The Labute approximate surface area is 94.2 Å². The summed E-state index contributed by atoms with van der Waals surface area (Å²) in [5.74, 6) is 0.622. The molecule has 0 radical (unpaired) electrons. The maximum absolute atomic E-state index is 5.67. The Morgan fingerprint density at radius 3 is 2.67 bits per heavy atom. The quantitative estimate of drug-likeness (QED) is 0.647. The van der Waals surface area contributed by atoms with Crippen molar-refractivity contribution in [3.63, 3.8) is 0 Å². The Bertz CT molecular complexity index is 147. The molecule has 3 nitrogen and oxygen atoms in total. The molecular weight excluding hydrogens is 188 g/mol. The summed E-state index contributed by atoms with van der Waals surface area (Å²) in [7, 11) is 1.99. The van der Waals surface area contributed by atoms with Gasteiger partial charge in [-0.2, -0.15) is 0 Å². The van der Waals surface area contributed by atoms with E-state index < -0.39 is 0 Å². The predicted molar refractivity (Wildman–Crippen MR) is 64.2 cm³/mol. The van der Waals surface area contributed by atoms with Crippen LogP contribution in [0.5, 0.6) is 0 Å². The van der Waals surface area contributed by atoms with Crippen molar-refractivity contribution in [3.05, 3.63) is 0 Å². The van der Waals surface area contributed by atoms with Crippen LogP contribution in [-0.2, 0) is 4.74 Å². The summed E-state index contributed by atoms with van der Waals surface area (Å²) in [5, 5.41) is 3.17. The average Bonchev–Trinajstić information content (AvgIpc) is 2.26. The highest BCUT2D eigenvalue weighted by molar-refractivity contribution is 4.63. The van der Waals surface area contributed by atoms with Gasteiger partial charge in [0.1, 0.15) is 0 Å². The maximum atomic E-state index is 5.67. The molecule has 1 heterocycles. The summed E-state index contributed by atoms with van der Waals surface area (Å²) in [4.78, 5) is 2.52. The molecule has 0 spiro atoms. The van der Waals surface area contributed by atoms with Crippen LogP contribution in [0.15, 0.2) is 0 Å². The Morgan fingerprint density at radius 1 is 1.27 bits per heavy atom. The van der Waals surface area contributed by atoms with Crippen LogP contribution in [0.2, 0.25) is 0 Å². The number of piperidine rings is 1. The minimum Gasteiger partial charge on any atom is -0.380 e. The normalized spacial score (nSPS) is 20.4. The fraction of sp³-hybridized carbons (Fsp3) is 1.00. The van der Waals surface area contributed by atoms with Crippen molar-refractivity contribution >= 4 is 0 Å². The van der Waals surface area contributed by atoms with Crippen LogP contribution in [0.4, 0.5) is 0 Å². The summed E-state index contributed by atoms with van der Waals surface area (Å²) in [6.45, 7) is 8.71. The topological polar surface area (TPSA) is 24.5 Å². The van der Waals surface area contributed by atoms with Gasteiger partial charge in [0.05, 0.1) is 13.2 Å². The molecule has 0 amide bonds. The third-order valence-corrected chi connectivity index (χ3v) is 2.96. The second-order valence-electron chi connectivity index (χ2n) is 4.64. The fourth-order valence-corrected chi connectivity index (χ4v) is 2.07. The lowest BCUT2D eigenvalue weighted by atomic mass is 10.1. The molecule has 0 aromatic carbocycles. The second kappa shape index (κ2) is 8.08. The van der Waals surface area contributed by atoms with E-state index in [0.717, 1.165) is 26.3 Å². The van der Waals surface area contributed by atoms with Gasteiger partial charge >= 0.3 is 0 Å². The third kappa shape index (κ3) is 6.13. The van der Waals surface area contributed by atoms with E-state index in [9.17, 15) is 0 Å². The summed E-state index contributed by atoms with van der Waals surface area (Å²) < 4.78 is 5.67. The van der Waals surface area contributed by atoms with Crippen molar-refractivity contribution in [2.75, 3.05) is 46.4 Å². The molecule has 1 N–H and O–H groups in total. The Hall–Kier alpha value is -0.120. The van der Waals surface area contributed by atoms with Crippen molar-refractivity contribution in [3.8, 4) is 0 Å². The second-order valence-corrected chi connectivity index (χ2v) is 4.64. The highest BCUT2D eigenvalue weighted by atomic mass is 16.5. The van der Waals surface area contributed by atoms with Crippen LogP contribution < -0.4 is 5.32 Å². The zero-order valence-electron chi connectivity index (χ0n) is 10.3. The van der Waals surface area contributed by atoms with Gasteiger partial charge in [0.15, 0.2) is 0 Å². The first-order valence-electron chi connectivity index (χ1n) is 6.27. The number of hydrogen-bond acceptors (Lipinski definition) is 3. The summed E-state index contributed by atoms with van der Waals surface area (Å²) >= 11 is 0. The monoisotopic (exact) mass is 214 g/mol. The van der Waals surface area contributed by atoms with Crippen molar-refractivity contribution in [2.24, 2.45) is 5.92 Å². The van der Waals surface area contributed by atoms with E-state index in [1.807, 2.05) is 7.05 Å². The van der Waals surface area contributed by atoms with Gasteiger partial charge in [-0.3, -0.25) is 0 Å². The van der Waals surface area contributed by atoms with E-state index >= 15 is 0 Å². The predicted octanol–water partition coefficient (Wildman–Crippen LogP) is 1.34. The van der Waals surface area contributed by atoms with E-state index in [1.54, 1.807) is 0 Å². The zero-order valence-corrected chi connectivity index (χ0v) is 10.3. The summed E-state index contributed by atoms with van der Waals surface area (Å²) in [6.07, 6.45) is 4.16. The van der Waals surface area contributed by atoms with Crippen LogP contribution in [0.3, 0.4) is 0 Å². The Kier molecular flexibility index (Phi) is 6.98. The van der Waals surface area contributed by atoms with Gasteiger partial charge in [-0.15, -0.1) is 0 Å². The summed E-state index contributed by atoms with van der Waals surface area (Å²) in [6, 6.07) is 0. The van der Waals surface area contributed by atoms with E-state index in [0.29, 0.717) is 5.92 Å². The molecule has 1 saturated heterocycles. The number of hydrogen-bond donors (Lipinski definition) is 1. The number of likely N-dealkylation sites (tertiary alicyclic amines) is 1. The molecule has 0 aromatic heterocycles. The molecule has 0 bridgehead atoms. The van der Waals surface area contributed by atoms with Crippen molar-refractivity contribution < 1.29 is 4.74 Å². The van der Waals surface area contributed by atoms with Crippen LogP contribution in [0, 0.1) is 5.92 Å². The minimum atomic E-state index is 0.622. The first-order valence-corrected chi connectivity index (χ1v) is 6.27. The molecule has 1 atom stereocenters. The van der Waals surface area contributed by atoms with E-state index in [1.165, 1.54) is 32.4 Å². The van der Waals surface area contributed by atoms with Gasteiger partial charge in [0.2, 0.25) is 0 Å². The standard InChI is InChI=1S/C12H26N2O/c1-12(10-13-2)11-15-9-8-14-6-4-3-5-7-14/h12-13H,3-11H2,1-2H3. The number of rotatable bonds is 7. The van der Waals surface area contributed by atoms with Gasteiger partial charge in [-0.1, -0.05) is 13.3 Å². The largest absolute Gasteiger partial charge is 0.380 e. The molecule has 1 unspecified atom stereocenters. The average molecular weight is 214 g/mol. The number of nitrogens with one attached hydrogen (secondary N) is 1. The molecule has 1 fully saturated rings. The molecule has 0 saturated carbocycles. The summed E-state index contributed by atoms with van der Waals surface area (Å²) in [5.41, 5.74) is 0. The van der Waals surface area contributed by atoms with Crippen LogP contribution in [-0.4, -0.2) is 51.3 Å². The van der Waals surface area contributed by atoms with E-state index in [2.05, 4.69) is 17.1 Å². The molecule has 15 heavy (non-hydrogen) atoms. The minimum absolute atomic E-state index is 0.622. The van der Waals surface area contributed by atoms with Gasteiger partial charge < -0.3 is 15.0 Å². The van der Waals surface area contributed by atoms with Crippen molar-refractivity contribution in [1.29, 1.82) is 0 Å². The van der Waals surface area contributed by atoms with Gasteiger partial charge in [0.25, 0.3) is 0 Å². The Morgan fingerprint density at radius 2 is 2.00 bits per heavy atom. The number of nitrogens with zero attached hydrogens (tertiary/aromatic N) is 1. The van der Waals surface area contributed by atoms with Gasteiger partial charge in [-0.25, -0.2) is 0 Å². The van der Waals surface area contributed by atoms with Crippen LogP contribution in [0.25, 0.3) is 0 Å². The molecular formula is C12H26N2O. The third-order valence-electron chi connectivity index (χ3n) is 2.96. The molecule has 90 valence electrons. The lowest BCUT2D eigenvalue weighted by Gasteiger charge is -2.26. The molecule has 1 rings (SSSR count). The van der Waals surface area contributed by atoms with Crippen molar-refractivity contribution in [2.45, 2.75) is 26.2 Å². The van der Waals surface area contributed by atoms with Gasteiger partial charge in [-0.05, 0) is 45.4 Å². The molecule has 1 aliphatic heterocycles.